The van der Waals surface area contributed by atoms with Crippen molar-refractivity contribution in [3.8, 4) is 57.1 Å². The topological polar surface area (TPSA) is 79.9 Å². The molecule has 0 unspecified atom stereocenters. The van der Waals surface area contributed by atoms with Crippen molar-refractivity contribution in [1.82, 2.24) is 29.1 Å². The SMILES string of the molecule is Cc1ccnc(-n2c3ccccc3c3ccc(Oc4cc(C)c(C)c(-c5cnc(-c6cc(Oc7ccc8c9ccccc9n(-c9cc(C)ccn9)c8c7)cc(C)c6C)cn5)c4)cc32)c1. The van der Waals surface area contributed by atoms with E-state index >= 15 is 0 Å². The van der Waals surface area contributed by atoms with Gasteiger partial charge in [0.05, 0.1) is 45.8 Å². The zero-order valence-corrected chi connectivity index (χ0v) is 36.5. The predicted octanol–water partition coefficient (Wildman–Crippen LogP) is 14.2. The summed E-state index contributed by atoms with van der Waals surface area (Å²) in [6.07, 6.45) is 7.43. The first-order valence-corrected chi connectivity index (χ1v) is 21.5. The summed E-state index contributed by atoms with van der Waals surface area (Å²) in [6.45, 7) is 12.6. The Hall–Kier alpha value is -8.10. The van der Waals surface area contributed by atoms with E-state index in [0.717, 1.165) is 123 Å². The minimum Gasteiger partial charge on any atom is -0.457 e. The van der Waals surface area contributed by atoms with E-state index in [4.69, 9.17) is 29.4 Å². The van der Waals surface area contributed by atoms with E-state index in [2.05, 4.69) is 160 Å². The summed E-state index contributed by atoms with van der Waals surface area (Å²) in [5.74, 6) is 4.67. The lowest BCUT2D eigenvalue weighted by molar-refractivity contribution is 0.482. The summed E-state index contributed by atoms with van der Waals surface area (Å²) in [7, 11) is 0. The zero-order chi connectivity index (χ0) is 43.6. The van der Waals surface area contributed by atoms with Crippen molar-refractivity contribution in [2.24, 2.45) is 0 Å². The highest BCUT2D eigenvalue weighted by atomic mass is 16.5. The molecule has 0 fully saturated rings. The van der Waals surface area contributed by atoms with Crippen LogP contribution in [-0.4, -0.2) is 29.1 Å². The lowest BCUT2D eigenvalue weighted by Crippen LogP contribution is -1.98. The van der Waals surface area contributed by atoms with Crippen LogP contribution in [0.3, 0.4) is 0 Å². The van der Waals surface area contributed by atoms with Gasteiger partial charge in [-0.1, -0.05) is 36.4 Å². The van der Waals surface area contributed by atoms with Crippen molar-refractivity contribution in [1.29, 1.82) is 0 Å². The Morgan fingerprint density at radius 3 is 1.22 bits per heavy atom. The quantitative estimate of drug-likeness (QED) is 0.152. The summed E-state index contributed by atoms with van der Waals surface area (Å²) < 4.78 is 17.7. The van der Waals surface area contributed by atoms with Crippen LogP contribution in [0.1, 0.15) is 33.4 Å². The molecule has 11 rings (SSSR count). The van der Waals surface area contributed by atoms with Gasteiger partial charge in [0.1, 0.15) is 34.6 Å². The first-order chi connectivity index (χ1) is 31.2. The predicted molar refractivity (Wildman–Crippen MR) is 259 cm³/mol. The Kier molecular flexibility index (Phi) is 9.31. The van der Waals surface area contributed by atoms with Crippen LogP contribution >= 0.6 is 0 Å². The summed E-state index contributed by atoms with van der Waals surface area (Å²) in [4.78, 5) is 19.5. The summed E-state index contributed by atoms with van der Waals surface area (Å²) >= 11 is 0. The number of fused-ring (bicyclic) bond motifs is 6. The molecule has 5 heterocycles. The molecular weight excluding hydrogens is 789 g/mol. The first-order valence-electron chi connectivity index (χ1n) is 21.5. The zero-order valence-electron chi connectivity index (χ0n) is 36.5. The number of aromatic nitrogens is 6. The van der Waals surface area contributed by atoms with Crippen molar-refractivity contribution < 1.29 is 9.47 Å². The molecule has 0 radical (unpaired) electrons. The van der Waals surface area contributed by atoms with Gasteiger partial charge in [0.15, 0.2) is 0 Å². The van der Waals surface area contributed by atoms with Crippen molar-refractivity contribution in [2.45, 2.75) is 41.5 Å². The van der Waals surface area contributed by atoms with Crippen LogP contribution in [0.5, 0.6) is 23.0 Å². The van der Waals surface area contributed by atoms with Crippen molar-refractivity contribution >= 4 is 43.6 Å². The van der Waals surface area contributed by atoms with E-state index < -0.39 is 0 Å². The fourth-order valence-corrected chi connectivity index (χ4v) is 8.99. The number of ether oxygens (including phenoxy) is 2. The number of rotatable bonds is 8. The van der Waals surface area contributed by atoms with E-state index in [1.807, 2.05) is 49.1 Å². The lowest BCUT2D eigenvalue weighted by Gasteiger charge is -2.15. The Labute approximate surface area is 371 Å². The van der Waals surface area contributed by atoms with Crippen molar-refractivity contribution in [2.75, 3.05) is 0 Å². The van der Waals surface area contributed by atoms with Gasteiger partial charge in [-0.05, 0) is 160 Å². The van der Waals surface area contributed by atoms with Gasteiger partial charge in [-0.2, -0.15) is 0 Å². The average molecular weight is 833 g/mol. The maximum atomic E-state index is 6.65. The van der Waals surface area contributed by atoms with E-state index in [1.54, 1.807) is 0 Å². The largest absolute Gasteiger partial charge is 0.457 e. The van der Waals surface area contributed by atoms with Gasteiger partial charge in [0.2, 0.25) is 0 Å². The summed E-state index contributed by atoms with van der Waals surface area (Å²) in [6, 6.07) is 46.0. The third kappa shape index (κ3) is 6.71. The third-order valence-electron chi connectivity index (χ3n) is 12.5. The fraction of sp³-hybridized carbons (Fsp3) is 0.107. The Morgan fingerprint density at radius 2 is 0.797 bits per heavy atom. The van der Waals surface area contributed by atoms with E-state index in [1.165, 1.54) is 10.8 Å². The second-order valence-corrected chi connectivity index (χ2v) is 16.8. The molecule has 0 spiro atoms. The summed E-state index contributed by atoms with van der Waals surface area (Å²) in [5, 5.41) is 4.62. The third-order valence-corrected chi connectivity index (χ3v) is 12.5. The average Bonchev–Trinajstić information content (AvgIpc) is 3.81. The van der Waals surface area contributed by atoms with Crippen LogP contribution in [0.25, 0.3) is 77.8 Å². The lowest BCUT2D eigenvalue weighted by atomic mass is 9.99. The molecule has 0 amide bonds. The highest BCUT2D eigenvalue weighted by molar-refractivity contribution is 6.10. The van der Waals surface area contributed by atoms with Crippen LogP contribution in [-0.2, 0) is 0 Å². The highest BCUT2D eigenvalue weighted by Gasteiger charge is 2.18. The molecule has 310 valence electrons. The maximum absolute atomic E-state index is 6.65. The molecule has 64 heavy (non-hydrogen) atoms. The minimum atomic E-state index is 0.727. The molecule has 0 saturated carbocycles. The molecule has 8 heteroatoms. The number of hydrogen-bond acceptors (Lipinski definition) is 6. The molecule has 0 atom stereocenters. The van der Waals surface area contributed by atoms with E-state index in [9.17, 15) is 0 Å². The standard InChI is InChI=1S/C56H44N6O2/c1-33-19-21-57-55(23-33)61-51-13-9-7-11-43(51)45-17-15-39(29-53(45)61)63-41-25-35(3)37(5)47(27-41)49-31-60-50(32-59-49)48-28-42(26-36(4)38(48)6)64-40-16-18-46-44-12-8-10-14-52(44)62(54(46)30-40)56-24-34(2)20-22-58-56/h7-32H,1-6H3. The van der Waals surface area contributed by atoms with Crippen LogP contribution in [0.15, 0.2) is 158 Å². The Bertz CT molecular complexity index is 3400. The maximum Gasteiger partial charge on any atom is 0.137 e. The second-order valence-electron chi connectivity index (χ2n) is 16.8. The van der Waals surface area contributed by atoms with Gasteiger partial charge < -0.3 is 9.47 Å². The minimum absolute atomic E-state index is 0.727. The molecule has 5 aromatic heterocycles. The van der Waals surface area contributed by atoms with Crippen LogP contribution in [0.4, 0.5) is 0 Å². The number of aryl methyl sites for hydroxylation is 4. The number of benzene rings is 6. The van der Waals surface area contributed by atoms with Gasteiger partial charge >= 0.3 is 0 Å². The fourth-order valence-electron chi connectivity index (χ4n) is 8.99. The molecule has 0 N–H and O–H groups in total. The Balaban J connectivity index is 0.900. The number of nitrogens with zero attached hydrogens (tertiary/aromatic N) is 6. The number of pyridine rings is 2. The molecule has 6 aromatic carbocycles. The second kappa shape index (κ2) is 15.4. The van der Waals surface area contributed by atoms with Gasteiger partial charge in [-0.15, -0.1) is 0 Å². The molecule has 0 saturated heterocycles. The van der Waals surface area contributed by atoms with Gasteiger partial charge in [-0.25, -0.2) is 9.97 Å². The monoisotopic (exact) mass is 832 g/mol. The van der Waals surface area contributed by atoms with Crippen molar-refractivity contribution in [3.05, 3.63) is 192 Å². The summed E-state index contributed by atoms with van der Waals surface area (Å²) in [5.41, 5.74) is 14.5. The van der Waals surface area contributed by atoms with Crippen LogP contribution in [0, 0.1) is 41.5 Å². The smallest absolute Gasteiger partial charge is 0.137 e. The van der Waals surface area contributed by atoms with Gasteiger partial charge in [-0.3, -0.25) is 19.1 Å². The molecular formula is C56H44N6O2. The molecule has 0 aliphatic heterocycles. The van der Waals surface area contributed by atoms with Crippen molar-refractivity contribution in [3.63, 3.8) is 0 Å². The molecule has 8 nitrogen and oxygen atoms in total. The van der Waals surface area contributed by atoms with Gasteiger partial charge in [0, 0.05) is 57.2 Å². The Morgan fingerprint density at radius 1 is 0.375 bits per heavy atom. The van der Waals surface area contributed by atoms with Crippen LogP contribution in [0.2, 0.25) is 0 Å². The molecule has 0 aliphatic carbocycles. The van der Waals surface area contributed by atoms with Crippen LogP contribution < -0.4 is 9.47 Å². The first kappa shape index (κ1) is 38.8. The van der Waals surface area contributed by atoms with E-state index in [0.29, 0.717) is 0 Å². The molecule has 0 bridgehead atoms. The highest BCUT2D eigenvalue weighted by Crippen LogP contribution is 2.39. The molecule has 11 aromatic rings. The van der Waals surface area contributed by atoms with Gasteiger partial charge in [0.25, 0.3) is 0 Å². The number of hydrogen-bond donors (Lipinski definition) is 0. The van der Waals surface area contributed by atoms with E-state index in [-0.39, 0.29) is 0 Å². The molecule has 0 aliphatic rings. The number of para-hydroxylation sites is 2. The normalized spacial score (nSPS) is 11.6.